The van der Waals surface area contributed by atoms with E-state index in [1.807, 2.05) is 84.9 Å². The van der Waals surface area contributed by atoms with Crippen LogP contribution in [0.15, 0.2) is 108 Å². The van der Waals surface area contributed by atoms with E-state index in [4.69, 9.17) is 9.15 Å². The summed E-state index contributed by atoms with van der Waals surface area (Å²) in [7, 11) is 0. The molecule has 3 aromatic heterocycles. The Hall–Kier alpha value is -4.25. The lowest BCUT2D eigenvalue weighted by Gasteiger charge is -2.07. The number of ether oxygens (including phenoxy) is 1. The number of aromatic nitrogens is 3. The summed E-state index contributed by atoms with van der Waals surface area (Å²) in [4.78, 5) is 13.2. The highest BCUT2D eigenvalue weighted by atomic mass is 16.5. The summed E-state index contributed by atoms with van der Waals surface area (Å²) in [6.07, 6.45) is 5.20. The predicted octanol–water partition coefficient (Wildman–Crippen LogP) is 6.26. The Morgan fingerprint density at radius 3 is 2.30 bits per heavy atom. The minimum Gasteiger partial charge on any atom is -0.439 e. The molecule has 0 aliphatic rings. The molecule has 5 heteroatoms. The van der Waals surface area contributed by atoms with Crippen molar-refractivity contribution in [3.63, 3.8) is 0 Å². The van der Waals surface area contributed by atoms with Crippen LogP contribution in [0, 0.1) is 0 Å². The van der Waals surface area contributed by atoms with Crippen molar-refractivity contribution in [2.45, 2.75) is 0 Å². The van der Waals surface area contributed by atoms with E-state index in [-0.39, 0.29) is 0 Å². The lowest BCUT2D eigenvalue weighted by molar-refractivity contribution is 0.463. The average molecular weight is 391 g/mol. The fourth-order valence-corrected chi connectivity index (χ4v) is 3.08. The molecular formula is C25H17N3O2. The summed E-state index contributed by atoms with van der Waals surface area (Å²) < 4.78 is 11.7. The van der Waals surface area contributed by atoms with E-state index < -0.39 is 0 Å². The van der Waals surface area contributed by atoms with Gasteiger partial charge in [-0.1, -0.05) is 48.5 Å². The SMILES string of the molecule is c1ccc(-c2cnc(-c3ccc(-c4cccc(Oc5ccccn5)c4)nc3)o2)cc1. The minimum atomic E-state index is 0.542. The molecule has 0 radical (unpaired) electrons. The summed E-state index contributed by atoms with van der Waals surface area (Å²) >= 11 is 0. The van der Waals surface area contributed by atoms with Gasteiger partial charge in [-0.2, -0.15) is 0 Å². The van der Waals surface area contributed by atoms with Crippen LogP contribution in [0.2, 0.25) is 0 Å². The first-order valence-electron chi connectivity index (χ1n) is 9.52. The van der Waals surface area contributed by atoms with Crippen molar-refractivity contribution in [1.82, 2.24) is 15.0 Å². The van der Waals surface area contributed by atoms with Gasteiger partial charge in [0.05, 0.1) is 17.5 Å². The summed E-state index contributed by atoms with van der Waals surface area (Å²) in [5, 5.41) is 0. The van der Waals surface area contributed by atoms with Gasteiger partial charge in [0.2, 0.25) is 11.8 Å². The van der Waals surface area contributed by atoms with Gasteiger partial charge in [0.15, 0.2) is 5.76 Å². The van der Waals surface area contributed by atoms with Gasteiger partial charge >= 0.3 is 0 Å². The average Bonchev–Trinajstić information content (AvgIpc) is 3.31. The van der Waals surface area contributed by atoms with Crippen LogP contribution >= 0.6 is 0 Å². The molecule has 0 bridgehead atoms. The molecule has 0 aliphatic carbocycles. The van der Waals surface area contributed by atoms with Gasteiger partial charge in [0, 0.05) is 29.6 Å². The summed E-state index contributed by atoms with van der Waals surface area (Å²) in [6.45, 7) is 0. The largest absolute Gasteiger partial charge is 0.439 e. The highest BCUT2D eigenvalue weighted by Gasteiger charge is 2.10. The Kier molecular flexibility index (Phi) is 4.76. The second kappa shape index (κ2) is 8.01. The Morgan fingerprint density at radius 2 is 1.50 bits per heavy atom. The Morgan fingerprint density at radius 1 is 0.633 bits per heavy atom. The highest BCUT2D eigenvalue weighted by molar-refractivity contribution is 5.65. The van der Waals surface area contributed by atoms with Crippen molar-refractivity contribution in [2.75, 3.05) is 0 Å². The Labute approximate surface area is 173 Å². The standard InChI is InChI=1S/C25H17N3O2/c1-2-7-18(8-3-1)23-17-28-25(30-23)20-12-13-22(27-16-20)19-9-6-10-21(15-19)29-24-11-4-5-14-26-24/h1-17H. The van der Waals surface area contributed by atoms with E-state index in [1.165, 1.54) is 0 Å². The normalized spacial score (nSPS) is 10.7. The molecule has 2 aromatic carbocycles. The molecule has 0 aliphatic heterocycles. The third-order valence-corrected chi connectivity index (χ3v) is 4.56. The van der Waals surface area contributed by atoms with E-state index in [2.05, 4.69) is 15.0 Å². The summed E-state index contributed by atoms with van der Waals surface area (Å²) in [5.74, 6) is 2.53. The van der Waals surface area contributed by atoms with E-state index >= 15 is 0 Å². The van der Waals surface area contributed by atoms with Crippen LogP contribution in [0.4, 0.5) is 0 Å². The molecule has 0 amide bonds. The smallest absolute Gasteiger partial charge is 0.228 e. The van der Waals surface area contributed by atoms with E-state index in [0.29, 0.717) is 17.5 Å². The summed E-state index contributed by atoms with van der Waals surface area (Å²) in [6, 6.07) is 27.1. The Bertz CT molecular complexity index is 1250. The molecule has 5 rings (SSSR count). The highest BCUT2D eigenvalue weighted by Crippen LogP contribution is 2.28. The third-order valence-electron chi connectivity index (χ3n) is 4.56. The van der Waals surface area contributed by atoms with Crippen LogP contribution in [-0.2, 0) is 0 Å². The van der Waals surface area contributed by atoms with E-state index in [9.17, 15) is 0 Å². The number of oxazole rings is 1. The van der Waals surface area contributed by atoms with Crippen molar-refractivity contribution >= 4 is 0 Å². The lowest BCUT2D eigenvalue weighted by Crippen LogP contribution is -1.89. The lowest BCUT2D eigenvalue weighted by atomic mass is 10.1. The van der Waals surface area contributed by atoms with Gasteiger partial charge in [0.25, 0.3) is 0 Å². The molecule has 0 saturated carbocycles. The van der Waals surface area contributed by atoms with Gasteiger partial charge in [-0.3, -0.25) is 4.98 Å². The minimum absolute atomic E-state index is 0.542. The van der Waals surface area contributed by atoms with Gasteiger partial charge in [0.1, 0.15) is 5.75 Å². The quantitative estimate of drug-likeness (QED) is 0.354. The van der Waals surface area contributed by atoms with Crippen molar-refractivity contribution in [3.05, 3.63) is 104 Å². The van der Waals surface area contributed by atoms with Gasteiger partial charge < -0.3 is 9.15 Å². The van der Waals surface area contributed by atoms with Crippen LogP contribution in [0.25, 0.3) is 34.0 Å². The van der Waals surface area contributed by atoms with Crippen LogP contribution in [0.1, 0.15) is 0 Å². The maximum absolute atomic E-state index is 5.91. The molecule has 5 nitrogen and oxygen atoms in total. The van der Waals surface area contributed by atoms with Gasteiger partial charge in [-0.05, 0) is 30.3 Å². The fraction of sp³-hybridized carbons (Fsp3) is 0. The summed E-state index contributed by atoms with van der Waals surface area (Å²) in [5.41, 5.74) is 3.60. The van der Waals surface area contributed by atoms with Crippen molar-refractivity contribution in [1.29, 1.82) is 0 Å². The number of nitrogens with zero attached hydrogens (tertiary/aromatic N) is 3. The first kappa shape index (κ1) is 17.8. The van der Waals surface area contributed by atoms with Crippen molar-refractivity contribution < 1.29 is 9.15 Å². The molecular weight excluding hydrogens is 374 g/mol. The number of hydrogen-bond donors (Lipinski definition) is 0. The molecule has 0 N–H and O–H groups in total. The van der Waals surface area contributed by atoms with Crippen LogP contribution < -0.4 is 4.74 Å². The zero-order valence-corrected chi connectivity index (χ0v) is 16.0. The third kappa shape index (κ3) is 3.82. The van der Waals surface area contributed by atoms with Crippen LogP contribution in [-0.4, -0.2) is 15.0 Å². The second-order valence-corrected chi connectivity index (χ2v) is 6.63. The van der Waals surface area contributed by atoms with Crippen LogP contribution in [0.3, 0.4) is 0 Å². The second-order valence-electron chi connectivity index (χ2n) is 6.63. The van der Waals surface area contributed by atoms with Gasteiger partial charge in [-0.15, -0.1) is 0 Å². The molecule has 0 unspecified atom stereocenters. The molecule has 0 saturated heterocycles. The maximum atomic E-state index is 5.91. The molecule has 30 heavy (non-hydrogen) atoms. The van der Waals surface area contributed by atoms with Gasteiger partial charge in [-0.25, -0.2) is 9.97 Å². The number of pyridine rings is 2. The first-order chi connectivity index (χ1) is 14.8. The molecule has 0 atom stereocenters. The van der Waals surface area contributed by atoms with Crippen molar-refractivity contribution in [3.8, 4) is 45.7 Å². The molecule has 144 valence electrons. The maximum Gasteiger partial charge on any atom is 0.228 e. The molecule has 0 spiro atoms. The van der Waals surface area contributed by atoms with E-state index in [1.54, 1.807) is 18.6 Å². The van der Waals surface area contributed by atoms with Crippen molar-refractivity contribution in [2.24, 2.45) is 0 Å². The zero-order chi connectivity index (χ0) is 20.2. The fourth-order valence-electron chi connectivity index (χ4n) is 3.08. The molecule has 5 aromatic rings. The monoisotopic (exact) mass is 391 g/mol. The number of rotatable bonds is 5. The van der Waals surface area contributed by atoms with Crippen LogP contribution in [0.5, 0.6) is 11.6 Å². The predicted molar refractivity (Wildman–Crippen MR) is 115 cm³/mol. The first-order valence-corrected chi connectivity index (χ1v) is 9.52. The number of benzene rings is 2. The van der Waals surface area contributed by atoms with E-state index in [0.717, 1.165) is 28.1 Å². The number of hydrogen-bond acceptors (Lipinski definition) is 5. The molecule has 3 heterocycles. The molecule has 0 fully saturated rings. The zero-order valence-electron chi connectivity index (χ0n) is 16.0. The topological polar surface area (TPSA) is 61.0 Å². The Balaban J connectivity index is 1.37.